The van der Waals surface area contributed by atoms with Crippen LogP contribution in [0.1, 0.15) is 24.1 Å². The third-order valence-electron chi connectivity index (χ3n) is 3.18. The van der Waals surface area contributed by atoms with Crippen LogP contribution in [0.2, 0.25) is 5.02 Å². The molecule has 0 spiro atoms. The Morgan fingerprint density at radius 1 is 1.13 bits per heavy atom. The molecule has 23 heavy (non-hydrogen) atoms. The van der Waals surface area contributed by atoms with Crippen LogP contribution in [0.15, 0.2) is 48.5 Å². The molecule has 2 aromatic rings. The van der Waals surface area contributed by atoms with Gasteiger partial charge in [0.05, 0.1) is 16.6 Å². The fourth-order valence-electron chi connectivity index (χ4n) is 2.01. The van der Waals surface area contributed by atoms with Crippen LogP contribution in [-0.2, 0) is 6.18 Å². The lowest BCUT2D eigenvalue weighted by Crippen LogP contribution is -2.31. The molecule has 0 aliphatic heterocycles. The summed E-state index contributed by atoms with van der Waals surface area (Å²) in [4.78, 5) is 0. The predicted molar refractivity (Wildman–Crippen MR) is 90.7 cm³/mol. The van der Waals surface area contributed by atoms with E-state index in [-0.39, 0.29) is 21.9 Å². The Kier molecular flexibility index (Phi) is 5.49. The van der Waals surface area contributed by atoms with Gasteiger partial charge in [0.2, 0.25) is 0 Å². The van der Waals surface area contributed by atoms with Crippen LogP contribution in [0.25, 0.3) is 0 Å². The molecule has 0 fully saturated rings. The molecule has 0 radical (unpaired) electrons. The maximum Gasteiger partial charge on any atom is 0.417 e. The van der Waals surface area contributed by atoms with Crippen molar-refractivity contribution in [2.75, 3.05) is 5.32 Å². The molecule has 0 bridgehead atoms. The minimum Gasteiger partial charge on any atom is -0.356 e. The minimum absolute atomic E-state index is 0.0782. The Balaban J connectivity index is 2.06. The second kappa shape index (κ2) is 7.19. The average molecular weight is 359 g/mol. The number of benzene rings is 2. The van der Waals surface area contributed by atoms with Crippen LogP contribution in [-0.4, -0.2) is 5.11 Å². The summed E-state index contributed by atoms with van der Waals surface area (Å²) >= 11 is 10.7. The van der Waals surface area contributed by atoms with E-state index < -0.39 is 11.7 Å². The van der Waals surface area contributed by atoms with E-state index >= 15 is 0 Å². The van der Waals surface area contributed by atoms with Gasteiger partial charge >= 0.3 is 6.18 Å². The van der Waals surface area contributed by atoms with Crippen molar-refractivity contribution in [3.63, 3.8) is 0 Å². The Morgan fingerprint density at radius 2 is 1.78 bits per heavy atom. The largest absolute Gasteiger partial charge is 0.417 e. The molecule has 0 saturated carbocycles. The molecular formula is C16H14ClF3N2S. The molecule has 0 aliphatic carbocycles. The highest BCUT2D eigenvalue weighted by molar-refractivity contribution is 7.80. The van der Waals surface area contributed by atoms with Gasteiger partial charge < -0.3 is 10.6 Å². The van der Waals surface area contributed by atoms with E-state index in [0.717, 1.165) is 11.6 Å². The number of hydrogen-bond donors (Lipinski definition) is 2. The Bertz CT molecular complexity index is 689. The van der Waals surface area contributed by atoms with Gasteiger partial charge in [0.1, 0.15) is 0 Å². The first-order valence-corrected chi connectivity index (χ1v) is 7.55. The molecular weight excluding hydrogens is 345 g/mol. The van der Waals surface area contributed by atoms with Crippen LogP contribution < -0.4 is 10.6 Å². The van der Waals surface area contributed by atoms with Crippen molar-refractivity contribution in [3.8, 4) is 0 Å². The van der Waals surface area contributed by atoms with Crippen molar-refractivity contribution in [2.24, 2.45) is 0 Å². The lowest BCUT2D eigenvalue weighted by Gasteiger charge is -2.18. The monoisotopic (exact) mass is 358 g/mol. The summed E-state index contributed by atoms with van der Waals surface area (Å²) in [7, 11) is 0. The second-order valence-electron chi connectivity index (χ2n) is 4.92. The number of anilines is 1. The number of thiocarbonyl (C=S) groups is 1. The van der Waals surface area contributed by atoms with E-state index in [2.05, 4.69) is 10.6 Å². The quantitative estimate of drug-likeness (QED) is 0.718. The van der Waals surface area contributed by atoms with Crippen LogP contribution in [0.5, 0.6) is 0 Å². The molecule has 2 nitrogen and oxygen atoms in total. The lowest BCUT2D eigenvalue weighted by molar-refractivity contribution is -0.137. The third-order valence-corrected chi connectivity index (χ3v) is 3.73. The Morgan fingerprint density at radius 3 is 2.39 bits per heavy atom. The molecule has 0 aliphatic rings. The zero-order chi connectivity index (χ0) is 17.0. The zero-order valence-corrected chi connectivity index (χ0v) is 13.7. The maximum absolute atomic E-state index is 12.8. The number of alkyl halides is 3. The van der Waals surface area contributed by atoms with Crippen molar-refractivity contribution in [1.82, 2.24) is 5.32 Å². The van der Waals surface area contributed by atoms with E-state index in [9.17, 15) is 13.2 Å². The third kappa shape index (κ3) is 4.84. The van der Waals surface area contributed by atoms with Gasteiger partial charge in [0.25, 0.3) is 0 Å². The average Bonchev–Trinajstić information content (AvgIpc) is 2.49. The fourth-order valence-corrected chi connectivity index (χ4v) is 2.53. The first-order chi connectivity index (χ1) is 10.8. The first kappa shape index (κ1) is 17.6. The smallest absolute Gasteiger partial charge is 0.356 e. The molecule has 2 aromatic carbocycles. The van der Waals surface area contributed by atoms with Crippen molar-refractivity contribution >= 4 is 34.6 Å². The van der Waals surface area contributed by atoms with Gasteiger partial charge in [0.15, 0.2) is 5.11 Å². The van der Waals surface area contributed by atoms with Crippen molar-refractivity contribution in [3.05, 3.63) is 64.7 Å². The van der Waals surface area contributed by atoms with Crippen LogP contribution in [0.3, 0.4) is 0 Å². The summed E-state index contributed by atoms with van der Waals surface area (Å²) in [6.45, 7) is 1.91. The number of rotatable bonds is 3. The summed E-state index contributed by atoms with van der Waals surface area (Å²) in [6.07, 6.45) is -4.51. The summed E-state index contributed by atoms with van der Waals surface area (Å²) in [5.41, 5.74) is 0.339. The van der Waals surface area contributed by atoms with Crippen LogP contribution in [0.4, 0.5) is 18.9 Å². The normalized spacial score (nSPS) is 12.6. The van der Waals surface area contributed by atoms with Gasteiger partial charge in [-0.05, 0) is 42.9 Å². The SMILES string of the molecule is CC(NC(=S)Nc1ccc(Cl)c(C(F)(F)F)c1)c1ccccc1. The maximum atomic E-state index is 12.8. The topological polar surface area (TPSA) is 24.1 Å². The van der Waals surface area contributed by atoms with Gasteiger partial charge in [-0.25, -0.2) is 0 Å². The summed E-state index contributed by atoms with van der Waals surface area (Å²) in [5.74, 6) is 0. The van der Waals surface area contributed by atoms with E-state index in [4.69, 9.17) is 23.8 Å². The van der Waals surface area contributed by atoms with E-state index in [1.54, 1.807) is 0 Å². The predicted octanol–water partition coefficient (Wildman–Crippen LogP) is 5.41. The summed E-state index contributed by atoms with van der Waals surface area (Å²) in [6, 6.07) is 13.1. The first-order valence-electron chi connectivity index (χ1n) is 6.76. The highest BCUT2D eigenvalue weighted by Crippen LogP contribution is 2.36. The van der Waals surface area contributed by atoms with Gasteiger partial charge in [-0.2, -0.15) is 13.2 Å². The van der Waals surface area contributed by atoms with Gasteiger partial charge in [-0.1, -0.05) is 41.9 Å². The highest BCUT2D eigenvalue weighted by atomic mass is 35.5. The molecule has 122 valence electrons. The van der Waals surface area contributed by atoms with Crippen molar-refractivity contribution < 1.29 is 13.2 Å². The molecule has 2 N–H and O–H groups in total. The van der Waals surface area contributed by atoms with Crippen LogP contribution >= 0.6 is 23.8 Å². The fraction of sp³-hybridized carbons (Fsp3) is 0.188. The molecule has 1 unspecified atom stereocenters. The number of halogens is 4. The Labute approximate surface area is 142 Å². The zero-order valence-electron chi connectivity index (χ0n) is 12.1. The van der Waals surface area contributed by atoms with Crippen LogP contribution in [0, 0.1) is 0 Å². The number of hydrogen-bond acceptors (Lipinski definition) is 1. The molecule has 0 saturated heterocycles. The molecule has 0 aromatic heterocycles. The minimum atomic E-state index is -4.51. The highest BCUT2D eigenvalue weighted by Gasteiger charge is 2.33. The van der Waals surface area contributed by atoms with E-state index in [1.807, 2.05) is 37.3 Å². The molecule has 2 rings (SSSR count). The van der Waals surface area contributed by atoms with Gasteiger partial charge in [0, 0.05) is 5.69 Å². The number of nitrogens with one attached hydrogen (secondary N) is 2. The molecule has 7 heteroatoms. The van der Waals surface area contributed by atoms with Gasteiger partial charge in [-0.3, -0.25) is 0 Å². The van der Waals surface area contributed by atoms with Crippen molar-refractivity contribution in [1.29, 1.82) is 0 Å². The van der Waals surface area contributed by atoms with E-state index in [1.165, 1.54) is 12.1 Å². The Hall–Kier alpha value is -1.79. The van der Waals surface area contributed by atoms with Crippen molar-refractivity contribution in [2.45, 2.75) is 19.1 Å². The van der Waals surface area contributed by atoms with E-state index in [0.29, 0.717) is 0 Å². The standard InChI is InChI=1S/C16H14ClF3N2S/c1-10(11-5-3-2-4-6-11)21-15(23)22-12-7-8-14(17)13(9-12)16(18,19)20/h2-10H,1H3,(H2,21,22,23). The summed E-state index contributed by atoms with van der Waals surface area (Å²) < 4.78 is 38.5. The van der Waals surface area contributed by atoms with Gasteiger partial charge in [-0.15, -0.1) is 0 Å². The molecule has 1 atom stereocenters. The molecule has 0 amide bonds. The second-order valence-corrected chi connectivity index (χ2v) is 5.74. The molecule has 0 heterocycles. The lowest BCUT2D eigenvalue weighted by atomic mass is 10.1. The summed E-state index contributed by atoms with van der Waals surface area (Å²) in [5, 5.41) is 5.65.